The fraction of sp³-hybridized carbons (Fsp3) is 0.500. The second-order valence-corrected chi connectivity index (χ2v) is 7.69. The molecular weight excluding hydrogens is 326 g/mol. The van der Waals surface area contributed by atoms with E-state index in [1.165, 1.54) is 31.5 Å². The molecule has 4 aliphatic rings. The van der Waals surface area contributed by atoms with E-state index in [-0.39, 0.29) is 0 Å². The molecule has 2 bridgehead atoms. The first kappa shape index (κ1) is 15.9. The van der Waals surface area contributed by atoms with E-state index in [1.807, 2.05) is 12.1 Å². The van der Waals surface area contributed by atoms with Crippen molar-refractivity contribution in [3.63, 3.8) is 0 Å². The van der Waals surface area contributed by atoms with Gasteiger partial charge in [0.05, 0.1) is 7.11 Å². The number of aromatic nitrogens is 2. The van der Waals surface area contributed by atoms with Crippen molar-refractivity contribution in [2.45, 2.75) is 30.8 Å². The van der Waals surface area contributed by atoms with E-state index in [0.717, 1.165) is 24.0 Å². The number of rotatable bonds is 3. The highest BCUT2D eigenvalue weighted by Crippen LogP contribution is 2.48. The second-order valence-electron chi connectivity index (χ2n) is 7.69. The summed E-state index contributed by atoms with van der Waals surface area (Å²) in [7, 11) is 1.73. The van der Waals surface area contributed by atoms with Gasteiger partial charge in [-0.05, 0) is 49.5 Å². The van der Waals surface area contributed by atoms with Crippen LogP contribution in [0.15, 0.2) is 36.7 Å². The second kappa shape index (κ2) is 6.13. The molecule has 1 aromatic carbocycles. The molecule has 4 aliphatic heterocycles. The van der Waals surface area contributed by atoms with Crippen molar-refractivity contribution in [1.29, 1.82) is 0 Å². The summed E-state index contributed by atoms with van der Waals surface area (Å²) in [6, 6.07) is 11.5. The molecule has 3 atom stereocenters. The molecular formula is C20H25N5O. The van der Waals surface area contributed by atoms with Crippen LogP contribution in [0.3, 0.4) is 0 Å². The van der Waals surface area contributed by atoms with Gasteiger partial charge < -0.3 is 15.4 Å². The number of benzene rings is 1. The van der Waals surface area contributed by atoms with Gasteiger partial charge in [-0.15, -0.1) is 0 Å². The monoisotopic (exact) mass is 351 g/mol. The SMILES string of the molecule is COc1cccc([C@H]2CN(c3cc(N)ncn3)[C@@H]3C4CCN(CC4)[C@H]23)c1. The standard InChI is InChI=1S/C20H25N5O/c1-26-15-4-2-3-14(9-15)16-11-25(18-10-17(21)22-12-23-18)19-13-5-7-24(8-6-13)20(16)19/h2-4,9-10,12-13,16,19-20H,5-8,11H2,1H3,(H2,21,22,23)/t16-,19-,20-/m1/s1. The molecule has 0 spiro atoms. The first-order valence-electron chi connectivity index (χ1n) is 9.47. The topological polar surface area (TPSA) is 67.5 Å². The third-order valence-corrected chi connectivity index (χ3v) is 6.48. The molecule has 2 aromatic rings. The quantitative estimate of drug-likeness (QED) is 0.914. The number of nitrogens with zero attached hydrogens (tertiary/aromatic N) is 4. The number of hydrogen-bond acceptors (Lipinski definition) is 6. The summed E-state index contributed by atoms with van der Waals surface area (Å²) in [5, 5.41) is 0. The Labute approximate surface area is 154 Å². The Bertz CT molecular complexity index is 804. The van der Waals surface area contributed by atoms with Gasteiger partial charge in [-0.1, -0.05) is 12.1 Å². The highest BCUT2D eigenvalue weighted by atomic mass is 16.5. The molecule has 0 amide bonds. The van der Waals surface area contributed by atoms with Gasteiger partial charge in [-0.3, -0.25) is 4.90 Å². The summed E-state index contributed by atoms with van der Waals surface area (Å²) in [6.07, 6.45) is 4.14. The first-order valence-corrected chi connectivity index (χ1v) is 9.47. The molecule has 6 heteroatoms. The lowest BCUT2D eigenvalue weighted by molar-refractivity contribution is 0.0354. The highest BCUT2D eigenvalue weighted by molar-refractivity contribution is 5.51. The maximum absolute atomic E-state index is 5.95. The molecule has 26 heavy (non-hydrogen) atoms. The number of piperidine rings is 3. The van der Waals surface area contributed by atoms with Crippen LogP contribution in [0, 0.1) is 5.92 Å². The van der Waals surface area contributed by atoms with Crippen molar-refractivity contribution >= 4 is 11.6 Å². The van der Waals surface area contributed by atoms with Gasteiger partial charge in [0.2, 0.25) is 0 Å². The number of ether oxygens (including phenoxy) is 1. The van der Waals surface area contributed by atoms with Gasteiger partial charge in [-0.2, -0.15) is 0 Å². The largest absolute Gasteiger partial charge is 0.497 e. The summed E-state index contributed by atoms with van der Waals surface area (Å²) in [5.74, 6) is 3.62. The number of nitrogens with two attached hydrogens (primary N) is 1. The zero-order valence-corrected chi connectivity index (χ0v) is 15.1. The highest BCUT2D eigenvalue weighted by Gasteiger charge is 2.53. The van der Waals surface area contributed by atoms with Crippen LogP contribution in [0.25, 0.3) is 0 Å². The number of hydrogen-bond donors (Lipinski definition) is 1. The van der Waals surface area contributed by atoms with E-state index in [2.05, 4.69) is 38.0 Å². The van der Waals surface area contributed by atoms with Crippen LogP contribution in [-0.4, -0.2) is 53.7 Å². The van der Waals surface area contributed by atoms with Crippen molar-refractivity contribution in [2.75, 3.05) is 37.4 Å². The normalized spacial score (nSPS) is 32.5. The van der Waals surface area contributed by atoms with Crippen molar-refractivity contribution < 1.29 is 4.74 Å². The molecule has 1 aromatic heterocycles. The molecule has 4 saturated heterocycles. The molecule has 0 unspecified atom stereocenters. The van der Waals surface area contributed by atoms with Gasteiger partial charge >= 0.3 is 0 Å². The summed E-state index contributed by atoms with van der Waals surface area (Å²) in [4.78, 5) is 13.8. The van der Waals surface area contributed by atoms with E-state index in [1.54, 1.807) is 13.4 Å². The van der Waals surface area contributed by atoms with E-state index >= 15 is 0 Å². The van der Waals surface area contributed by atoms with E-state index in [9.17, 15) is 0 Å². The van der Waals surface area contributed by atoms with Crippen LogP contribution in [-0.2, 0) is 0 Å². The molecule has 4 fully saturated rings. The number of nitrogen functional groups attached to an aromatic ring is 1. The van der Waals surface area contributed by atoms with Gasteiger partial charge in [0, 0.05) is 30.6 Å². The van der Waals surface area contributed by atoms with Crippen molar-refractivity contribution in [3.8, 4) is 5.75 Å². The van der Waals surface area contributed by atoms with E-state index in [0.29, 0.717) is 23.8 Å². The van der Waals surface area contributed by atoms with E-state index < -0.39 is 0 Å². The molecule has 6 nitrogen and oxygen atoms in total. The lowest BCUT2D eigenvalue weighted by atomic mass is 9.75. The minimum Gasteiger partial charge on any atom is -0.497 e. The summed E-state index contributed by atoms with van der Waals surface area (Å²) >= 11 is 0. The van der Waals surface area contributed by atoms with Gasteiger partial charge in [0.15, 0.2) is 0 Å². The minimum absolute atomic E-state index is 0.453. The Morgan fingerprint density at radius 1 is 1.12 bits per heavy atom. The lowest BCUT2D eigenvalue weighted by Gasteiger charge is -2.51. The predicted octanol–water partition coefficient (Wildman–Crippen LogP) is 2.13. The molecule has 0 radical (unpaired) electrons. The Hall–Kier alpha value is -2.34. The smallest absolute Gasteiger partial charge is 0.134 e. The first-order chi connectivity index (χ1) is 12.7. The average Bonchev–Trinajstić information content (AvgIpc) is 3.12. The number of fused-ring (bicyclic) bond motifs is 2. The lowest BCUT2D eigenvalue weighted by Crippen LogP contribution is -2.60. The third-order valence-electron chi connectivity index (χ3n) is 6.48. The molecule has 0 aliphatic carbocycles. The molecule has 136 valence electrons. The summed E-state index contributed by atoms with van der Waals surface area (Å²) in [5.41, 5.74) is 7.31. The van der Waals surface area contributed by atoms with Crippen LogP contribution in [0.1, 0.15) is 24.3 Å². The zero-order chi connectivity index (χ0) is 17.7. The zero-order valence-electron chi connectivity index (χ0n) is 15.1. The number of methoxy groups -OCH3 is 1. The van der Waals surface area contributed by atoms with Crippen LogP contribution in [0.2, 0.25) is 0 Å². The third kappa shape index (κ3) is 2.43. The molecule has 5 heterocycles. The Morgan fingerprint density at radius 2 is 1.96 bits per heavy atom. The van der Waals surface area contributed by atoms with Crippen molar-refractivity contribution in [3.05, 3.63) is 42.2 Å². The van der Waals surface area contributed by atoms with Crippen LogP contribution >= 0.6 is 0 Å². The van der Waals surface area contributed by atoms with Crippen LogP contribution < -0.4 is 15.4 Å². The Balaban J connectivity index is 1.56. The van der Waals surface area contributed by atoms with Crippen molar-refractivity contribution in [2.24, 2.45) is 5.92 Å². The van der Waals surface area contributed by atoms with Crippen LogP contribution in [0.4, 0.5) is 11.6 Å². The van der Waals surface area contributed by atoms with E-state index in [4.69, 9.17) is 10.5 Å². The summed E-state index contributed by atoms with van der Waals surface area (Å²) in [6.45, 7) is 3.39. The van der Waals surface area contributed by atoms with Crippen molar-refractivity contribution in [1.82, 2.24) is 14.9 Å². The fourth-order valence-electron chi connectivity index (χ4n) is 5.37. The van der Waals surface area contributed by atoms with Gasteiger partial charge in [0.25, 0.3) is 0 Å². The molecule has 6 rings (SSSR count). The minimum atomic E-state index is 0.453. The Kier molecular flexibility index (Phi) is 3.74. The van der Waals surface area contributed by atoms with Crippen LogP contribution in [0.5, 0.6) is 5.75 Å². The fourth-order valence-corrected chi connectivity index (χ4v) is 5.37. The number of anilines is 2. The summed E-state index contributed by atoms with van der Waals surface area (Å²) < 4.78 is 5.48. The predicted molar refractivity (Wildman–Crippen MR) is 101 cm³/mol. The molecule has 2 N–H and O–H groups in total. The molecule has 0 saturated carbocycles. The average molecular weight is 351 g/mol. The maximum Gasteiger partial charge on any atom is 0.134 e. The maximum atomic E-state index is 5.95. The van der Waals surface area contributed by atoms with Gasteiger partial charge in [-0.25, -0.2) is 9.97 Å². The Morgan fingerprint density at radius 3 is 2.73 bits per heavy atom. The van der Waals surface area contributed by atoms with Gasteiger partial charge in [0.1, 0.15) is 23.7 Å².